The van der Waals surface area contributed by atoms with E-state index >= 15 is 0 Å². The number of carbonyl (C=O) groups is 1. The van der Waals surface area contributed by atoms with Crippen LogP contribution >= 0.6 is 0 Å². The Morgan fingerprint density at radius 3 is 2.63 bits per heavy atom. The number of carbonyl (C=O) groups excluding carboxylic acids is 1. The van der Waals surface area contributed by atoms with E-state index in [9.17, 15) is 4.79 Å². The summed E-state index contributed by atoms with van der Waals surface area (Å²) in [6.45, 7) is 6.01. The summed E-state index contributed by atoms with van der Waals surface area (Å²) in [5, 5.41) is 6.71. The third kappa shape index (κ3) is 4.11. The zero-order valence-electron chi connectivity index (χ0n) is 15.8. The Morgan fingerprint density at radius 1 is 1.11 bits per heavy atom. The van der Waals surface area contributed by atoms with Crippen LogP contribution in [0, 0.1) is 20.8 Å². The summed E-state index contributed by atoms with van der Waals surface area (Å²) < 4.78 is 16.3. The average Bonchev–Trinajstić information content (AvgIpc) is 3.04. The van der Waals surface area contributed by atoms with Crippen LogP contribution in [0.25, 0.3) is 0 Å². The van der Waals surface area contributed by atoms with Gasteiger partial charge < -0.3 is 19.3 Å². The number of amides is 1. The molecule has 0 saturated carbocycles. The number of aryl methyl sites for hydroxylation is 3. The fourth-order valence-electron chi connectivity index (χ4n) is 2.63. The average molecular weight is 366 g/mol. The maximum atomic E-state index is 12.7. The van der Waals surface area contributed by atoms with Gasteiger partial charge in [-0.15, -0.1) is 0 Å². The second-order valence-corrected chi connectivity index (χ2v) is 6.26. The first-order chi connectivity index (χ1) is 13.0. The number of methoxy groups -OCH3 is 1. The van der Waals surface area contributed by atoms with Gasteiger partial charge in [0, 0.05) is 0 Å². The molecule has 0 spiro atoms. The smallest absolute Gasteiger partial charge is 0.278 e. The van der Waals surface area contributed by atoms with Crippen LogP contribution in [0.5, 0.6) is 11.5 Å². The van der Waals surface area contributed by atoms with Crippen molar-refractivity contribution < 1.29 is 18.8 Å². The highest BCUT2D eigenvalue weighted by atomic mass is 16.5. The van der Waals surface area contributed by atoms with Crippen molar-refractivity contribution in [2.75, 3.05) is 12.4 Å². The number of para-hydroxylation sites is 2. The zero-order valence-corrected chi connectivity index (χ0v) is 15.8. The van der Waals surface area contributed by atoms with Gasteiger partial charge in [0.15, 0.2) is 5.69 Å². The van der Waals surface area contributed by atoms with Crippen LogP contribution in [0.15, 0.2) is 47.0 Å². The number of ether oxygens (including phenoxy) is 2. The molecule has 0 radical (unpaired) electrons. The van der Waals surface area contributed by atoms with Crippen molar-refractivity contribution >= 4 is 11.6 Å². The first kappa shape index (κ1) is 18.5. The molecule has 1 aromatic heterocycles. The number of nitrogens with one attached hydrogen (secondary N) is 1. The molecule has 0 bridgehead atoms. The van der Waals surface area contributed by atoms with Crippen LogP contribution in [-0.2, 0) is 6.61 Å². The van der Waals surface area contributed by atoms with Crippen LogP contribution in [0.3, 0.4) is 0 Å². The van der Waals surface area contributed by atoms with Gasteiger partial charge in [-0.25, -0.2) is 0 Å². The molecule has 3 aromatic rings. The van der Waals surface area contributed by atoms with Gasteiger partial charge in [-0.1, -0.05) is 23.4 Å². The van der Waals surface area contributed by atoms with E-state index in [0.29, 0.717) is 22.8 Å². The lowest BCUT2D eigenvalue weighted by atomic mass is 10.1. The van der Waals surface area contributed by atoms with Crippen LogP contribution in [-0.4, -0.2) is 18.2 Å². The summed E-state index contributed by atoms with van der Waals surface area (Å²) in [5.41, 5.74) is 3.71. The van der Waals surface area contributed by atoms with E-state index in [0.717, 1.165) is 11.3 Å². The summed E-state index contributed by atoms with van der Waals surface area (Å²) in [6, 6.07) is 13.0. The summed E-state index contributed by atoms with van der Waals surface area (Å²) in [7, 11) is 1.55. The minimum absolute atomic E-state index is 0.187. The summed E-state index contributed by atoms with van der Waals surface area (Å²) in [4.78, 5) is 12.7. The number of hydrogen-bond donors (Lipinski definition) is 1. The molecule has 0 fully saturated rings. The molecule has 27 heavy (non-hydrogen) atoms. The molecular formula is C21H22N2O4. The minimum atomic E-state index is -0.380. The van der Waals surface area contributed by atoms with E-state index in [2.05, 4.69) is 10.5 Å². The molecule has 6 heteroatoms. The van der Waals surface area contributed by atoms with Crippen molar-refractivity contribution in [2.45, 2.75) is 27.4 Å². The summed E-state index contributed by atoms with van der Waals surface area (Å²) in [5.74, 6) is 1.47. The predicted octanol–water partition coefficient (Wildman–Crippen LogP) is 4.44. The van der Waals surface area contributed by atoms with Crippen LogP contribution < -0.4 is 14.8 Å². The quantitative estimate of drug-likeness (QED) is 0.698. The lowest BCUT2D eigenvalue weighted by Crippen LogP contribution is -2.16. The van der Waals surface area contributed by atoms with Crippen LogP contribution in [0.4, 0.5) is 5.69 Å². The number of aromatic nitrogens is 1. The first-order valence-corrected chi connectivity index (χ1v) is 8.59. The van der Waals surface area contributed by atoms with Crippen LogP contribution in [0.1, 0.15) is 32.9 Å². The highest BCUT2D eigenvalue weighted by Crippen LogP contribution is 2.25. The van der Waals surface area contributed by atoms with Crippen molar-refractivity contribution in [1.82, 2.24) is 5.16 Å². The minimum Gasteiger partial charge on any atom is -0.495 e. The lowest BCUT2D eigenvalue weighted by Gasteiger charge is -2.10. The molecule has 0 unspecified atom stereocenters. The molecular weight excluding hydrogens is 344 g/mol. The van der Waals surface area contributed by atoms with Gasteiger partial charge in [0.2, 0.25) is 0 Å². The van der Waals surface area contributed by atoms with E-state index < -0.39 is 0 Å². The Labute approximate surface area is 158 Å². The van der Waals surface area contributed by atoms with Gasteiger partial charge in [-0.05, 0) is 56.2 Å². The van der Waals surface area contributed by atoms with E-state index in [1.54, 1.807) is 26.2 Å². The van der Waals surface area contributed by atoms with Crippen molar-refractivity contribution in [2.24, 2.45) is 0 Å². The number of hydrogen-bond acceptors (Lipinski definition) is 5. The largest absolute Gasteiger partial charge is 0.495 e. The fourth-order valence-corrected chi connectivity index (χ4v) is 2.63. The van der Waals surface area contributed by atoms with E-state index in [-0.39, 0.29) is 18.2 Å². The molecule has 1 amide bonds. The third-order valence-electron chi connectivity index (χ3n) is 4.42. The standard InChI is InChI=1S/C21H22N2O4/c1-13-9-10-16(11-14(13)2)26-12-17-15(3)27-23-20(17)21(24)22-18-7-5-6-8-19(18)25-4/h5-11H,12H2,1-4H3,(H,22,24). The molecule has 140 valence electrons. The molecule has 0 aliphatic rings. The topological polar surface area (TPSA) is 73.6 Å². The maximum absolute atomic E-state index is 12.7. The van der Waals surface area contributed by atoms with Crippen molar-refractivity contribution in [3.05, 3.63) is 70.6 Å². The zero-order chi connectivity index (χ0) is 19.4. The molecule has 0 saturated heterocycles. The number of anilines is 1. The van der Waals surface area contributed by atoms with E-state index in [4.69, 9.17) is 14.0 Å². The number of benzene rings is 2. The van der Waals surface area contributed by atoms with Crippen LogP contribution in [0.2, 0.25) is 0 Å². The molecule has 2 aromatic carbocycles. The van der Waals surface area contributed by atoms with Gasteiger partial charge in [0.1, 0.15) is 23.9 Å². The molecule has 6 nitrogen and oxygen atoms in total. The van der Waals surface area contributed by atoms with Gasteiger partial charge >= 0.3 is 0 Å². The van der Waals surface area contributed by atoms with Crippen molar-refractivity contribution in [3.63, 3.8) is 0 Å². The summed E-state index contributed by atoms with van der Waals surface area (Å²) in [6.07, 6.45) is 0. The second kappa shape index (κ2) is 7.95. The Morgan fingerprint density at radius 2 is 1.89 bits per heavy atom. The van der Waals surface area contributed by atoms with Gasteiger partial charge in [0.05, 0.1) is 18.4 Å². The van der Waals surface area contributed by atoms with E-state index in [1.807, 2.05) is 44.2 Å². The first-order valence-electron chi connectivity index (χ1n) is 8.59. The lowest BCUT2D eigenvalue weighted by molar-refractivity contribution is 0.101. The molecule has 0 aliphatic heterocycles. The number of nitrogens with zero attached hydrogens (tertiary/aromatic N) is 1. The highest BCUT2D eigenvalue weighted by Gasteiger charge is 2.21. The van der Waals surface area contributed by atoms with Crippen molar-refractivity contribution in [1.29, 1.82) is 0 Å². The molecule has 0 aliphatic carbocycles. The Balaban J connectivity index is 1.77. The third-order valence-corrected chi connectivity index (χ3v) is 4.42. The SMILES string of the molecule is COc1ccccc1NC(=O)c1noc(C)c1COc1ccc(C)c(C)c1. The van der Waals surface area contributed by atoms with Gasteiger partial charge in [-0.3, -0.25) is 4.79 Å². The maximum Gasteiger partial charge on any atom is 0.278 e. The molecule has 1 N–H and O–H groups in total. The van der Waals surface area contributed by atoms with Crippen molar-refractivity contribution in [3.8, 4) is 11.5 Å². The van der Waals surface area contributed by atoms with Gasteiger partial charge in [-0.2, -0.15) is 0 Å². The summed E-state index contributed by atoms with van der Waals surface area (Å²) >= 11 is 0. The normalized spacial score (nSPS) is 10.5. The Bertz CT molecular complexity index is 963. The predicted molar refractivity (Wildman–Crippen MR) is 102 cm³/mol. The molecule has 1 heterocycles. The highest BCUT2D eigenvalue weighted by molar-refractivity contribution is 6.04. The van der Waals surface area contributed by atoms with E-state index in [1.165, 1.54) is 5.56 Å². The molecule has 0 atom stereocenters. The Kier molecular flexibility index (Phi) is 5.45. The fraction of sp³-hybridized carbons (Fsp3) is 0.238. The number of rotatable bonds is 6. The molecule has 3 rings (SSSR count). The second-order valence-electron chi connectivity index (χ2n) is 6.26. The van der Waals surface area contributed by atoms with Gasteiger partial charge in [0.25, 0.3) is 5.91 Å². The monoisotopic (exact) mass is 366 g/mol. The Hall–Kier alpha value is -3.28.